The van der Waals surface area contributed by atoms with Crippen LogP contribution < -0.4 is 9.64 Å². The largest absolute Gasteiger partial charge is 0.494 e. The van der Waals surface area contributed by atoms with Crippen molar-refractivity contribution in [2.75, 3.05) is 58.5 Å². The van der Waals surface area contributed by atoms with E-state index in [1.165, 1.54) is 27.8 Å². The monoisotopic (exact) mass is 564 g/mol. The Balaban J connectivity index is 1.45. The number of carbonyl (C=O) groups excluding carboxylic acids is 1. The van der Waals surface area contributed by atoms with Crippen LogP contribution in [0.4, 0.5) is 5.13 Å². The van der Waals surface area contributed by atoms with E-state index in [0.717, 1.165) is 30.6 Å². The third-order valence-electron chi connectivity index (χ3n) is 6.73. The highest BCUT2D eigenvalue weighted by Crippen LogP contribution is 2.39. The number of morpholine rings is 1. The van der Waals surface area contributed by atoms with Gasteiger partial charge in [0.25, 0.3) is 5.91 Å². The minimum atomic E-state index is -3.59. The van der Waals surface area contributed by atoms with Gasteiger partial charge in [0.2, 0.25) is 10.0 Å². The number of hydrogen-bond acceptors (Lipinski definition) is 8. The van der Waals surface area contributed by atoms with Crippen LogP contribution in [-0.4, -0.2) is 88.1 Å². The van der Waals surface area contributed by atoms with Crippen LogP contribution in [0.5, 0.6) is 5.75 Å². The summed E-state index contributed by atoms with van der Waals surface area (Å²) in [4.78, 5) is 22.6. The van der Waals surface area contributed by atoms with E-state index in [-0.39, 0.29) is 16.8 Å². The van der Waals surface area contributed by atoms with Crippen molar-refractivity contribution in [2.24, 2.45) is 0 Å². The van der Waals surface area contributed by atoms with E-state index in [4.69, 9.17) is 26.1 Å². The summed E-state index contributed by atoms with van der Waals surface area (Å²) >= 11 is 7.77. The van der Waals surface area contributed by atoms with Crippen molar-refractivity contribution in [3.63, 3.8) is 0 Å². The molecule has 0 atom stereocenters. The number of nitrogens with zero attached hydrogens (tertiary/aromatic N) is 4. The summed E-state index contributed by atoms with van der Waals surface area (Å²) in [5.41, 5.74) is 0.982. The van der Waals surface area contributed by atoms with Gasteiger partial charge in [0.1, 0.15) is 11.3 Å². The zero-order valence-electron chi connectivity index (χ0n) is 20.7. The molecule has 2 heterocycles. The highest BCUT2D eigenvalue weighted by Gasteiger charge is 2.35. The second-order valence-electron chi connectivity index (χ2n) is 9.11. The number of fused-ring (bicyclic) bond motifs is 1. The highest BCUT2D eigenvalue weighted by atomic mass is 35.5. The minimum Gasteiger partial charge on any atom is -0.494 e. The number of carbonyl (C=O) groups is 1. The van der Waals surface area contributed by atoms with Crippen molar-refractivity contribution in [3.8, 4) is 5.75 Å². The van der Waals surface area contributed by atoms with Crippen molar-refractivity contribution in [2.45, 2.75) is 23.8 Å². The SMILES string of the molecule is COc1ccc(Cl)c2sc(N(CCN3CCOCC3)C(=O)c3ccc(S(=O)(=O)N(C)C4CC4)cc3)nc12. The molecule has 1 amide bonds. The summed E-state index contributed by atoms with van der Waals surface area (Å²) in [7, 11) is -0.422. The van der Waals surface area contributed by atoms with E-state index in [0.29, 0.717) is 53.3 Å². The number of aromatic nitrogens is 1. The van der Waals surface area contributed by atoms with Gasteiger partial charge in [0.15, 0.2) is 5.13 Å². The summed E-state index contributed by atoms with van der Waals surface area (Å²) in [6.45, 7) is 3.96. The molecule has 1 aromatic heterocycles. The zero-order chi connectivity index (χ0) is 26.2. The number of rotatable bonds is 9. The smallest absolute Gasteiger partial charge is 0.260 e. The van der Waals surface area contributed by atoms with Crippen LogP contribution in [-0.2, 0) is 14.8 Å². The number of sulfonamides is 1. The molecule has 5 rings (SSSR count). The normalized spacial score (nSPS) is 16.9. The van der Waals surface area contributed by atoms with Gasteiger partial charge in [0, 0.05) is 44.8 Å². The third-order valence-corrected chi connectivity index (χ3v) is 10.2. The van der Waals surface area contributed by atoms with Crippen LogP contribution >= 0.6 is 22.9 Å². The number of methoxy groups -OCH3 is 1. The van der Waals surface area contributed by atoms with Crippen LogP contribution in [0, 0.1) is 0 Å². The molecule has 0 unspecified atom stereocenters. The molecular formula is C25H29ClN4O5S2. The van der Waals surface area contributed by atoms with Gasteiger partial charge >= 0.3 is 0 Å². The average molecular weight is 565 g/mol. The van der Waals surface area contributed by atoms with E-state index < -0.39 is 10.0 Å². The van der Waals surface area contributed by atoms with E-state index in [9.17, 15) is 13.2 Å². The molecule has 0 spiro atoms. The first kappa shape index (κ1) is 26.3. The number of amides is 1. The van der Waals surface area contributed by atoms with Gasteiger partial charge < -0.3 is 9.47 Å². The lowest BCUT2D eigenvalue weighted by Crippen LogP contribution is -2.43. The molecule has 37 heavy (non-hydrogen) atoms. The molecule has 0 N–H and O–H groups in total. The Hall–Kier alpha value is -2.28. The van der Waals surface area contributed by atoms with E-state index >= 15 is 0 Å². The summed E-state index contributed by atoms with van der Waals surface area (Å²) in [5, 5.41) is 1.04. The maximum Gasteiger partial charge on any atom is 0.260 e. The second kappa shape index (κ2) is 10.8. The van der Waals surface area contributed by atoms with Gasteiger partial charge in [-0.3, -0.25) is 14.6 Å². The Morgan fingerprint density at radius 1 is 1.19 bits per heavy atom. The molecule has 3 aromatic rings. The molecule has 198 valence electrons. The fourth-order valence-electron chi connectivity index (χ4n) is 4.30. The number of thiazole rings is 1. The van der Waals surface area contributed by atoms with Gasteiger partial charge in [-0.15, -0.1) is 0 Å². The first-order valence-electron chi connectivity index (χ1n) is 12.1. The molecule has 2 aliphatic rings. The van der Waals surface area contributed by atoms with Crippen LogP contribution in [0.3, 0.4) is 0 Å². The molecule has 1 aliphatic heterocycles. The summed E-state index contributed by atoms with van der Waals surface area (Å²) in [6.07, 6.45) is 1.75. The standard InChI is InChI=1S/C25H29ClN4O5S2/c1-28(18-5-6-18)37(32,33)19-7-3-17(4-8-19)24(31)30(12-11-29-13-15-35-16-14-29)25-27-22-21(34-2)10-9-20(26)23(22)36-25/h3-4,7-10,18H,5-6,11-16H2,1-2H3. The highest BCUT2D eigenvalue weighted by molar-refractivity contribution is 7.89. The molecule has 1 saturated carbocycles. The summed E-state index contributed by atoms with van der Waals surface area (Å²) < 4.78 is 38.9. The van der Waals surface area contributed by atoms with Crippen LogP contribution in [0.2, 0.25) is 5.02 Å². The van der Waals surface area contributed by atoms with E-state index in [1.54, 1.807) is 43.3 Å². The summed E-state index contributed by atoms with van der Waals surface area (Å²) in [5.74, 6) is 0.318. The Morgan fingerprint density at radius 3 is 2.54 bits per heavy atom. The maximum absolute atomic E-state index is 13.8. The molecule has 1 saturated heterocycles. The average Bonchev–Trinajstić information content (AvgIpc) is 3.67. The summed E-state index contributed by atoms with van der Waals surface area (Å²) in [6, 6.07) is 9.70. The fraction of sp³-hybridized carbons (Fsp3) is 0.440. The van der Waals surface area contributed by atoms with Crippen LogP contribution in [0.15, 0.2) is 41.3 Å². The topological polar surface area (TPSA) is 92.3 Å². The van der Waals surface area contributed by atoms with E-state index in [1.807, 2.05) is 0 Å². The van der Waals surface area contributed by atoms with Gasteiger partial charge in [-0.05, 0) is 49.2 Å². The number of benzene rings is 2. The second-order valence-corrected chi connectivity index (χ2v) is 12.5. The molecule has 1 aliphatic carbocycles. The lowest BCUT2D eigenvalue weighted by Gasteiger charge is -2.29. The van der Waals surface area contributed by atoms with Crippen molar-refractivity contribution in [3.05, 3.63) is 47.0 Å². The Labute approximate surface area is 225 Å². The van der Waals surface area contributed by atoms with Crippen LogP contribution in [0.1, 0.15) is 23.2 Å². The van der Waals surface area contributed by atoms with Crippen molar-refractivity contribution in [1.82, 2.24) is 14.2 Å². The quantitative estimate of drug-likeness (QED) is 0.391. The van der Waals surface area contributed by atoms with Crippen molar-refractivity contribution < 1.29 is 22.7 Å². The Bertz CT molecular complexity index is 1390. The van der Waals surface area contributed by atoms with Crippen molar-refractivity contribution >= 4 is 54.2 Å². The lowest BCUT2D eigenvalue weighted by molar-refractivity contribution is 0.0391. The van der Waals surface area contributed by atoms with Crippen LogP contribution in [0.25, 0.3) is 10.2 Å². The van der Waals surface area contributed by atoms with Gasteiger partial charge in [-0.2, -0.15) is 4.31 Å². The molecule has 2 aromatic carbocycles. The molecule has 2 fully saturated rings. The third kappa shape index (κ3) is 5.47. The first-order chi connectivity index (χ1) is 17.8. The van der Waals surface area contributed by atoms with Gasteiger partial charge in [0.05, 0.1) is 34.9 Å². The molecule has 12 heteroatoms. The zero-order valence-corrected chi connectivity index (χ0v) is 23.1. The number of hydrogen-bond donors (Lipinski definition) is 0. The van der Waals surface area contributed by atoms with E-state index in [2.05, 4.69) is 4.90 Å². The molecule has 0 bridgehead atoms. The fourth-order valence-corrected chi connectivity index (χ4v) is 6.99. The maximum atomic E-state index is 13.8. The van der Waals surface area contributed by atoms with Gasteiger partial charge in [-0.1, -0.05) is 22.9 Å². The predicted octanol–water partition coefficient (Wildman–Crippen LogP) is 3.72. The Kier molecular flexibility index (Phi) is 7.71. The lowest BCUT2D eigenvalue weighted by atomic mass is 10.2. The minimum absolute atomic E-state index is 0.0600. The molecule has 0 radical (unpaired) electrons. The first-order valence-corrected chi connectivity index (χ1v) is 14.8. The number of anilines is 1. The van der Waals surface area contributed by atoms with Crippen molar-refractivity contribution in [1.29, 1.82) is 0 Å². The number of halogens is 1. The van der Waals surface area contributed by atoms with Gasteiger partial charge in [-0.25, -0.2) is 13.4 Å². The Morgan fingerprint density at radius 2 is 1.89 bits per heavy atom. The molecular weight excluding hydrogens is 536 g/mol. The molecule has 9 nitrogen and oxygen atoms in total. The predicted molar refractivity (Wildman–Crippen MR) is 145 cm³/mol. The number of ether oxygens (including phenoxy) is 2.